The summed E-state index contributed by atoms with van der Waals surface area (Å²) >= 11 is 0. The van der Waals surface area contributed by atoms with Crippen molar-refractivity contribution in [2.24, 2.45) is 0 Å². The topological polar surface area (TPSA) is 84.9 Å². The van der Waals surface area contributed by atoms with E-state index in [2.05, 4.69) is 5.32 Å². The molecule has 1 N–H and O–H groups in total. The number of hydrogen-bond donors (Lipinski definition) is 1. The molecule has 0 unspecified atom stereocenters. The number of benzene rings is 2. The number of carbonyl (C=O) groups is 1. The van der Waals surface area contributed by atoms with Crippen LogP contribution in [0.25, 0.3) is 0 Å². The molecule has 0 aliphatic rings. The maximum absolute atomic E-state index is 12.4. The normalized spacial score (nSPS) is 11.0. The van der Waals surface area contributed by atoms with Crippen molar-refractivity contribution in [2.75, 3.05) is 35.6 Å². The molecule has 28 heavy (non-hydrogen) atoms. The summed E-state index contributed by atoms with van der Waals surface area (Å²) in [7, 11) is -3.64. The molecule has 0 saturated heterocycles. The van der Waals surface area contributed by atoms with Gasteiger partial charge in [-0.15, -0.1) is 0 Å². The van der Waals surface area contributed by atoms with Gasteiger partial charge in [-0.2, -0.15) is 0 Å². The van der Waals surface area contributed by atoms with Crippen LogP contribution in [-0.2, 0) is 14.8 Å². The molecule has 0 bridgehead atoms. The third-order valence-electron chi connectivity index (χ3n) is 3.71. The van der Waals surface area contributed by atoms with Gasteiger partial charge in [0.1, 0.15) is 18.0 Å². The average molecular weight is 407 g/mol. The quantitative estimate of drug-likeness (QED) is 0.655. The fourth-order valence-corrected chi connectivity index (χ4v) is 3.35. The number of ether oxygens (including phenoxy) is 2. The zero-order valence-electron chi connectivity index (χ0n) is 16.3. The Labute approximate surface area is 166 Å². The Bertz CT molecular complexity index is 882. The lowest BCUT2D eigenvalue weighted by atomic mass is 10.3. The highest BCUT2D eigenvalue weighted by atomic mass is 32.2. The lowest BCUT2D eigenvalue weighted by molar-refractivity contribution is -0.114. The fraction of sp³-hybridized carbons (Fsp3) is 0.350. The van der Waals surface area contributed by atoms with Crippen LogP contribution in [0.2, 0.25) is 0 Å². The molecule has 0 heterocycles. The predicted octanol–water partition coefficient (Wildman–Crippen LogP) is 3.28. The minimum atomic E-state index is -3.64. The van der Waals surface area contributed by atoms with Crippen molar-refractivity contribution in [3.05, 3.63) is 48.5 Å². The molecular formula is C20H26N2O5S. The number of amides is 1. The molecule has 2 rings (SSSR count). The highest BCUT2D eigenvalue weighted by molar-refractivity contribution is 7.92. The van der Waals surface area contributed by atoms with Crippen LogP contribution in [0.3, 0.4) is 0 Å². The van der Waals surface area contributed by atoms with E-state index in [9.17, 15) is 13.2 Å². The average Bonchev–Trinajstić information content (AvgIpc) is 2.65. The fourth-order valence-electron chi connectivity index (χ4n) is 2.49. The molecule has 0 atom stereocenters. The summed E-state index contributed by atoms with van der Waals surface area (Å²) in [6.45, 7) is 4.62. The molecule has 1 amide bonds. The molecule has 0 aliphatic heterocycles. The van der Waals surface area contributed by atoms with E-state index in [0.717, 1.165) is 17.0 Å². The summed E-state index contributed by atoms with van der Waals surface area (Å²) in [5.41, 5.74) is 0.928. The van der Waals surface area contributed by atoms with E-state index in [1.807, 2.05) is 13.8 Å². The van der Waals surface area contributed by atoms with Gasteiger partial charge in [0.05, 0.1) is 25.2 Å². The van der Waals surface area contributed by atoms with Gasteiger partial charge in [-0.1, -0.05) is 13.0 Å². The first-order valence-corrected chi connectivity index (χ1v) is 10.9. The monoisotopic (exact) mass is 406 g/mol. The van der Waals surface area contributed by atoms with Crippen LogP contribution in [0.15, 0.2) is 48.5 Å². The Balaban J connectivity index is 2.12. The largest absolute Gasteiger partial charge is 0.494 e. The molecule has 7 nitrogen and oxygen atoms in total. The number of nitrogens with one attached hydrogen (secondary N) is 1. The maximum Gasteiger partial charge on any atom is 0.245 e. The first kappa shape index (κ1) is 21.6. The SMILES string of the molecule is CCCOc1ccc(N(CC(=O)Nc2cccc(OCC)c2)S(C)(=O)=O)cc1. The number of hydrogen-bond acceptors (Lipinski definition) is 5. The van der Waals surface area contributed by atoms with Crippen molar-refractivity contribution in [1.29, 1.82) is 0 Å². The van der Waals surface area contributed by atoms with Crippen LogP contribution in [-0.4, -0.2) is 40.3 Å². The van der Waals surface area contributed by atoms with Gasteiger partial charge < -0.3 is 14.8 Å². The molecule has 8 heteroatoms. The Morgan fingerprint density at radius 3 is 2.36 bits per heavy atom. The first-order valence-electron chi connectivity index (χ1n) is 9.06. The zero-order chi connectivity index (χ0) is 20.6. The van der Waals surface area contributed by atoms with Gasteiger partial charge in [0.25, 0.3) is 0 Å². The minimum absolute atomic E-state index is 0.340. The van der Waals surface area contributed by atoms with Crippen LogP contribution in [0.4, 0.5) is 11.4 Å². The van der Waals surface area contributed by atoms with Crippen molar-refractivity contribution in [2.45, 2.75) is 20.3 Å². The summed E-state index contributed by atoms with van der Waals surface area (Å²) in [6.07, 6.45) is 1.94. The first-order chi connectivity index (χ1) is 13.3. The number of rotatable bonds is 10. The number of anilines is 2. The Kier molecular flexibility index (Phi) is 7.69. The summed E-state index contributed by atoms with van der Waals surface area (Å²) in [4.78, 5) is 12.4. The van der Waals surface area contributed by atoms with Crippen molar-refractivity contribution < 1.29 is 22.7 Å². The highest BCUT2D eigenvalue weighted by Crippen LogP contribution is 2.22. The Hall–Kier alpha value is -2.74. The van der Waals surface area contributed by atoms with Gasteiger partial charge in [-0.25, -0.2) is 8.42 Å². The van der Waals surface area contributed by atoms with Gasteiger partial charge in [-0.3, -0.25) is 9.10 Å². The number of sulfonamides is 1. The second-order valence-electron chi connectivity index (χ2n) is 6.12. The lowest BCUT2D eigenvalue weighted by Crippen LogP contribution is -2.37. The highest BCUT2D eigenvalue weighted by Gasteiger charge is 2.21. The van der Waals surface area contributed by atoms with Gasteiger partial charge in [0.2, 0.25) is 15.9 Å². The number of carbonyl (C=O) groups excluding carboxylic acids is 1. The second kappa shape index (κ2) is 9.98. The summed E-state index contributed by atoms with van der Waals surface area (Å²) in [5, 5.41) is 2.70. The van der Waals surface area contributed by atoms with Crippen molar-refractivity contribution in [1.82, 2.24) is 0 Å². The van der Waals surface area contributed by atoms with Crippen molar-refractivity contribution in [3.63, 3.8) is 0 Å². The van der Waals surface area contributed by atoms with E-state index in [-0.39, 0.29) is 6.54 Å². The van der Waals surface area contributed by atoms with Crippen LogP contribution in [0.1, 0.15) is 20.3 Å². The predicted molar refractivity (Wildman–Crippen MR) is 111 cm³/mol. The zero-order valence-corrected chi connectivity index (χ0v) is 17.2. The summed E-state index contributed by atoms with van der Waals surface area (Å²) in [5.74, 6) is 0.824. The van der Waals surface area contributed by atoms with E-state index >= 15 is 0 Å². The molecule has 0 spiro atoms. The summed E-state index contributed by atoms with van der Waals surface area (Å²) in [6, 6.07) is 13.6. The Morgan fingerprint density at radius 1 is 1.04 bits per heavy atom. The minimum Gasteiger partial charge on any atom is -0.494 e. The van der Waals surface area contributed by atoms with Crippen LogP contribution >= 0.6 is 0 Å². The molecule has 0 fully saturated rings. The lowest BCUT2D eigenvalue weighted by Gasteiger charge is -2.22. The van der Waals surface area contributed by atoms with Crippen molar-refractivity contribution >= 4 is 27.3 Å². The smallest absolute Gasteiger partial charge is 0.245 e. The van der Waals surface area contributed by atoms with E-state index in [1.54, 1.807) is 48.5 Å². The van der Waals surface area contributed by atoms with Gasteiger partial charge in [-0.05, 0) is 49.7 Å². The van der Waals surface area contributed by atoms with E-state index in [4.69, 9.17) is 9.47 Å². The van der Waals surface area contributed by atoms with Crippen molar-refractivity contribution in [3.8, 4) is 11.5 Å². The van der Waals surface area contributed by atoms with Gasteiger partial charge in [0.15, 0.2) is 0 Å². The second-order valence-corrected chi connectivity index (χ2v) is 8.03. The molecule has 0 aromatic heterocycles. The molecule has 2 aromatic carbocycles. The molecule has 0 radical (unpaired) electrons. The van der Waals surface area contributed by atoms with E-state index in [0.29, 0.717) is 36.1 Å². The molecule has 0 aliphatic carbocycles. The molecule has 152 valence electrons. The maximum atomic E-state index is 12.4. The van der Waals surface area contributed by atoms with Gasteiger partial charge >= 0.3 is 0 Å². The Morgan fingerprint density at radius 2 is 1.75 bits per heavy atom. The number of nitrogens with zero attached hydrogens (tertiary/aromatic N) is 1. The van der Waals surface area contributed by atoms with E-state index in [1.165, 1.54) is 0 Å². The van der Waals surface area contributed by atoms with Gasteiger partial charge in [0, 0.05) is 11.8 Å². The molecule has 2 aromatic rings. The summed E-state index contributed by atoms with van der Waals surface area (Å²) < 4.78 is 36.4. The third-order valence-corrected chi connectivity index (χ3v) is 4.85. The van der Waals surface area contributed by atoms with E-state index < -0.39 is 15.9 Å². The molecule has 0 saturated carbocycles. The third kappa shape index (κ3) is 6.45. The van der Waals surface area contributed by atoms with Crippen LogP contribution in [0.5, 0.6) is 11.5 Å². The standard InChI is InChI=1S/C20H26N2O5S/c1-4-13-27-18-11-9-17(10-12-18)22(28(3,24)25)15-20(23)21-16-7-6-8-19(14-16)26-5-2/h6-12,14H,4-5,13,15H2,1-3H3,(H,21,23). The van der Waals surface area contributed by atoms with Crippen LogP contribution in [0, 0.1) is 0 Å². The van der Waals surface area contributed by atoms with Crippen LogP contribution < -0.4 is 19.1 Å². The molecular weight excluding hydrogens is 380 g/mol.